The van der Waals surface area contributed by atoms with E-state index in [-0.39, 0.29) is 0 Å². The monoisotopic (exact) mass is 284 g/mol. The fourth-order valence-electron chi connectivity index (χ4n) is 2.87. The standard InChI is InChI=1S/C14H24N2O2S/c1-11-8-15(13(3)12(11)2)9-14-6-5-7-16(10-14)19(4,17)18/h8,14H,5-7,9-10H2,1-4H3. The highest BCUT2D eigenvalue weighted by molar-refractivity contribution is 7.88. The van der Waals surface area contributed by atoms with Crippen LogP contribution in [-0.2, 0) is 16.6 Å². The number of aryl methyl sites for hydroxylation is 1. The average Bonchev–Trinajstić information content (AvgIpc) is 2.56. The summed E-state index contributed by atoms with van der Waals surface area (Å²) >= 11 is 0. The molecule has 5 heteroatoms. The molecule has 1 aliphatic heterocycles. The second kappa shape index (κ2) is 5.29. The maximum absolute atomic E-state index is 11.6. The van der Waals surface area contributed by atoms with Crippen LogP contribution in [-0.4, -0.2) is 36.6 Å². The molecule has 1 fully saturated rings. The van der Waals surface area contributed by atoms with Gasteiger partial charge in [0.2, 0.25) is 10.0 Å². The first-order chi connectivity index (χ1) is 8.79. The van der Waals surface area contributed by atoms with E-state index in [1.165, 1.54) is 23.1 Å². The van der Waals surface area contributed by atoms with Gasteiger partial charge in [-0.1, -0.05) is 0 Å². The van der Waals surface area contributed by atoms with Crippen LogP contribution in [0.15, 0.2) is 6.20 Å². The molecule has 108 valence electrons. The van der Waals surface area contributed by atoms with Crippen LogP contribution >= 0.6 is 0 Å². The normalized spacial score (nSPS) is 21.8. The van der Waals surface area contributed by atoms with Crippen molar-refractivity contribution in [2.75, 3.05) is 19.3 Å². The molecule has 1 unspecified atom stereocenters. The fourth-order valence-corrected chi connectivity index (χ4v) is 3.82. The summed E-state index contributed by atoms with van der Waals surface area (Å²) in [7, 11) is -3.04. The van der Waals surface area contributed by atoms with Crippen LogP contribution in [0.2, 0.25) is 0 Å². The van der Waals surface area contributed by atoms with Gasteiger partial charge in [0.25, 0.3) is 0 Å². The van der Waals surface area contributed by atoms with Gasteiger partial charge >= 0.3 is 0 Å². The molecule has 2 rings (SSSR count). The number of hydrogen-bond acceptors (Lipinski definition) is 2. The quantitative estimate of drug-likeness (QED) is 0.853. The van der Waals surface area contributed by atoms with Gasteiger partial charge < -0.3 is 4.57 Å². The van der Waals surface area contributed by atoms with E-state index >= 15 is 0 Å². The maximum Gasteiger partial charge on any atom is 0.211 e. The topological polar surface area (TPSA) is 42.3 Å². The predicted octanol–water partition coefficient (Wildman–Crippen LogP) is 2.08. The van der Waals surface area contributed by atoms with E-state index in [0.29, 0.717) is 19.0 Å². The number of piperidine rings is 1. The summed E-state index contributed by atoms with van der Waals surface area (Å²) in [6.07, 6.45) is 5.58. The molecule has 0 saturated carbocycles. The van der Waals surface area contributed by atoms with Crippen molar-refractivity contribution >= 4 is 10.0 Å². The van der Waals surface area contributed by atoms with E-state index in [9.17, 15) is 8.42 Å². The van der Waals surface area contributed by atoms with Gasteiger partial charge in [0.15, 0.2) is 0 Å². The van der Waals surface area contributed by atoms with Crippen molar-refractivity contribution in [3.8, 4) is 0 Å². The van der Waals surface area contributed by atoms with Crippen LogP contribution in [0.1, 0.15) is 29.7 Å². The molecule has 0 amide bonds. The third kappa shape index (κ3) is 3.20. The van der Waals surface area contributed by atoms with Gasteiger partial charge in [0.1, 0.15) is 0 Å². The van der Waals surface area contributed by atoms with Crippen molar-refractivity contribution in [2.45, 2.75) is 40.2 Å². The number of nitrogens with zero attached hydrogens (tertiary/aromatic N) is 2. The van der Waals surface area contributed by atoms with E-state index in [2.05, 4.69) is 31.5 Å². The maximum atomic E-state index is 11.6. The summed E-state index contributed by atoms with van der Waals surface area (Å²) in [5.74, 6) is 0.424. The molecule has 19 heavy (non-hydrogen) atoms. The first-order valence-corrected chi connectivity index (χ1v) is 8.72. The summed E-state index contributed by atoms with van der Waals surface area (Å²) in [6.45, 7) is 8.67. The molecular weight excluding hydrogens is 260 g/mol. The highest BCUT2D eigenvalue weighted by atomic mass is 32.2. The minimum absolute atomic E-state index is 0.424. The Morgan fingerprint density at radius 1 is 1.32 bits per heavy atom. The molecule has 0 aromatic carbocycles. The third-order valence-corrected chi connectivity index (χ3v) is 5.59. The largest absolute Gasteiger partial charge is 0.351 e. The minimum atomic E-state index is -3.04. The molecule has 4 nitrogen and oxygen atoms in total. The Kier molecular flexibility index (Phi) is 4.06. The van der Waals surface area contributed by atoms with Gasteiger partial charge in [-0.25, -0.2) is 12.7 Å². The van der Waals surface area contributed by atoms with Gasteiger partial charge in [-0.15, -0.1) is 0 Å². The van der Waals surface area contributed by atoms with Crippen LogP contribution in [0.5, 0.6) is 0 Å². The summed E-state index contributed by atoms with van der Waals surface area (Å²) in [4.78, 5) is 0. The Bertz CT molecular complexity index is 560. The lowest BCUT2D eigenvalue weighted by Gasteiger charge is -2.31. The van der Waals surface area contributed by atoms with Crippen LogP contribution in [0.3, 0.4) is 0 Å². The number of sulfonamides is 1. The Hall–Kier alpha value is -0.810. The van der Waals surface area contributed by atoms with Crippen molar-refractivity contribution in [1.29, 1.82) is 0 Å². The van der Waals surface area contributed by atoms with Gasteiger partial charge in [-0.05, 0) is 50.7 Å². The van der Waals surface area contributed by atoms with Crippen LogP contribution < -0.4 is 0 Å². The van der Waals surface area contributed by atoms with Crippen molar-refractivity contribution in [2.24, 2.45) is 5.92 Å². The molecule has 1 saturated heterocycles. The molecule has 0 N–H and O–H groups in total. The molecule has 1 atom stereocenters. The molecule has 1 aromatic heterocycles. The van der Waals surface area contributed by atoms with Gasteiger partial charge in [0, 0.05) is 31.5 Å². The third-order valence-electron chi connectivity index (χ3n) is 4.32. The van der Waals surface area contributed by atoms with Crippen molar-refractivity contribution < 1.29 is 8.42 Å². The van der Waals surface area contributed by atoms with Crippen LogP contribution in [0, 0.1) is 26.7 Å². The molecule has 0 radical (unpaired) electrons. The smallest absolute Gasteiger partial charge is 0.211 e. The van der Waals surface area contributed by atoms with Gasteiger partial charge in [-0.2, -0.15) is 0 Å². The lowest BCUT2D eigenvalue weighted by Crippen LogP contribution is -2.40. The fraction of sp³-hybridized carbons (Fsp3) is 0.714. The predicted molar refractivity (Wildman–Crippen MR) is 77.8 cm³/mol. The second-order valence-corrected chi connectivity index (χ2v) is 7.79. The second-order valence-electron chi connectivity index (χ2n) is 5.80. The molecule has 1 aromatic rings. The lowest BCUT2D eigenvalue weighted by atomic mass is 9.99. The van der Waals surface area contributed by atoms with Crippen LogP contribution in [0.25, 0.3) is 0 Å². The zero-order chi connectivity index (χ0) is 14.2. The first kappa shape index (κ1) is 14.6. The minimum Gasteiger partial charge on any atom is -0.351 e. The molecule has 0 aliphatic carbocycles. The summed E-state index contributed by atoms with van der Waals surface area (Å²) in [6, 6.07) is 0. The summed E-state index contributed by atoms with van der Waals surface area (Å²) in [5, 5.41) is 0. The Labute approximate surface area is 116 Å². The number of hydrogen-bond donors (Lipinski definition) is 0. The Morgan fingerprint density at radius 3 is 2.53 bits per heavy atom. The van der Waals surface area contributed by atoms with Crippen molar-refractivity contribution in [1.82, 2.24) is 8.87 Å². The SMILES string of the molecule is Cc1cn(CC2CCCN(S(C)(=O)=O)C2)c(C)c1C. The summed E-state index contributed by atoms with van der Waals surface area (Å²) < 4.78 is 27.2. The van der Waals surface area contributed by atoms with E-state index < -0.39 is 10.0 Å². The van der Waals surface area contributed by atoms with Gasteiger partial charge in [-0.3, -0.25) is 0 Å². The number of rotatable bonds is 3. The van der Waals surface area contributed by atoms with E-state index in [1.807, 2.05) is 0 Å². The van der Waals surface area contributed by atoms with Crippen molar-refractivity contribution in [3.05, 3.63) is 23.0 Å². The van der Waals surface area contributed by atoms with E-state index in [0.717, 1.165) is 19.4 Å². The zero-order valence-electron chi connectivity index (χ0n) is 12.3. The molecule has 0 spiro atoms. The van der Waals surface area contributed by atoms with E-state index in [1.54, 1.807) is 4.31 Å². The highest BCUT2D eigenvalue weighted by Gasteiger charge is 2.26. The number of aromatic nitrogens is 1. The summed E-state index contributed by atoms with van der Waals surface area (Å²) in [5.41, 5.74) is 3.96. The van der Waals surface area contributed by atoms with Gasteiger partial charge in [0.05, 0.1) is 6.26 Å². The molecule has 1 aliphatic rings. The molecular formula is C14H24N2O2S. The Morgan fingerprint density at radius 2 is 2.00 bits per heavy atom. The molecule has 2 heterocycles. The lowest BCUT2D eigenvalue weighted by molar-refractivity contribution is 0.245. The molecule has 0 bridgehead atoms. The first-order valence-electron chi connectivity index (χ1n) is 6.87. The van der Waals surface area contributed by atoms with E-state index in [4.69, 9.17) is 0 Å². The van der Waals surface area contributed by atoms with Crippen molar-refractivity contribution in [3.63, 3.8) is 0 Å². The average molecular weight is 284 g/mol. The zero-order valence-corrected chi connectivity index (χ0v) is 13.1. The highest BCUT2D eigenvalue weighted by Crippen LogP contribution is 2.23. The Balaban J connectivity index is 2.09. The van der Waals surface area contributed by atoms with Crippen LogP contribution in [0.4, 0.5) is 0 Å².